The van der Waals surface area contributed by atoms with Crippen molar-refractivity contribution in [2.75, 3.05) is 6.61 Å². The van der Waals surface area contributed by atoms with Crippen LogP contribution < -0.4 is 0 Å². The minimum Gasteiger partial charge on any atom is -0.463 e. The van der Waals surface area contributed by atoms with Crippen LogP contribution in [0.2, 0.25) is 0 Å². The second-order valence-corrected chi connectivity index (χ2v) is 10.2. The van der Waals surface area contributed by atoms with Gasteiger partial charge in [0.2, 0.25) is 0 Å². The van der Waals surface area contributed by atoms with Crippen LogP contribution in [0.25, 0.3) is 0 Å². The topological polar surface area (TPSA) is 104 Å². The maximum Gasteiger partial charge on any atom is 0.343 e. The van der Waals surface area contributed by atoms with Crippen LogP contribution in [0.3, 0.4) is 0 Å². The number of aliphatic hydroxyl groups is 1. The normalized spacial score (nSPS) is 14.0. The monoisotopic (exact) mass is 442 g/mol. The van der Waals surface area contributed by atoms with Crippen LogP contribution in [0, 0.1) is 0 Å². The molecule has 8 heteroatoms. The molecule has 28 heavy (non-hydrogen) atoms. The first-order valence-corrected chi connectivity index (χ1v) is 12.9. The third-order valence-corrected chi connectivity index (χ3v) is 6.63. The molecule has 0 rings (SSSR count). The lowest BCUT2D eigenvalue weighted by atomic mass is 10.0. The number of rotatable bonds is 19. The van der Waals surface area contributed by atoms with Gasteiger partial charge in [-0.25, -0.2) is 0 Å². The Hall–Kier alpha value is -0.130. The fourth-order valence-corrected chi connectivity index (χ4v) is 3.70. The molecular weight excluding hydrogens is 403 g/mol. The van der Waals surface area contributed by atoms with E-state index in [9.17, 15) is 14.5 Å². The standard InChI is InChI=1S/C20H40ClO6P/c1-2-3-4-5-6-7-8-9-10-11-12-13-14-15-20(23)27-17-18(22)16-19(21)28(24,25)26/h18-19,22H,2-17H2,1H3,(H2,24,25,26). The lowest BCUT2D eigenvalue weighted by Crippen LogP contribution is -2.22. The fraction of sp³-hybridized carbons (Fsp3) is 0.950. The first kappa shape index (κ1) is 27.9. The summed E-state index contributed by atoms with van der Waals surface area (Å²) in [6, 6.07) is 0. The quantitative estimate of drug-likeness (QED) is 0.105. The number of alkyl halides is 1. The van der Waals surface area contributed by atoms with E-state index in [4.69, 9.17) is 26.1 Å². The van der Waals surface area contributed by atoms with E-state index in [1.807, 2.05) is 0 Å². The van der Waals surface area contributed by atoms with Gasteiger partial charge in [0.25, 0.3) is 0 Å². The molecule has 0 aromatic heterocycles. The molecule has 2 atom stereocenters. The zero-order chi connectivity index (χ0) is 21.3. The molecule has 0 heterocycles. The minimum absolute atomic E-state index is 0.291. The zero-order valence-electron chi connectivity index (χ0n) is 17.4. The molecule has 0 bridgehead atoms. The van der Waals surface area contributed by atoms with Crippen LogP contribution in [0.15, 0.2) is 0 Å². The molecule has 2 unspecified atom stereocenters. The molecule has 0 saturated carbocycles. The summed E-state index contributed by atoms with van der Waals surface area (Å²) in [6.07, 6.45) is 14.8. The molecule has 0 aliphatic heterocycles. The Morgan fingerprint density at radius 2 is 1.32 bits per heavy atom. The van der Waals surface area contributed by atoms with Crippen molar-refractivity contribution in [3.8, 4) is 0 Å². The maximum absolute atomic E-state index is 11.6. The Morgan fingerprint density at radius 3 is 1.75 bits per heavy atom. The van der Waals surface area contributed by atoms with Gasteiger partial charge in [-0.3, -0.25) is 9.36 Å². The SMILES string of the molecule is CCCCCCCCCCCCCCCC(=O)OCC(O)CC(Cl)P(=O)(O)O. The van der Waals surface area contributed by atoms with Crippen LogP contribution in [-0.4, -0.2) is 38.7 Å². The van der Waals surface area contributed by atoms with Gasteiger partial charge in [0.1, 0.15) is 11.7 Å². The second-order valence-electron chi connectivity index (χ2n) is 7.59. The smallest absolute Gasteiger partial charge is 0.343 e. The third kappa shape index (κ3) is 17.9. The van der Waals surface area contributed by atoms with E-state index < -0.39 is 24.8 Å². The van der Waals surface area contributed by atoms with E-state index in [1.165, 1.54) is 64.2 Å². The number of hydrogen-bond acceptors (Lipinski definition) is 4. The number of unbranched alkanes of at least 4 members (excludes halogenated alkanes) is 12. The lowest BCUT2D eigenvalue weighted by molar-refractivity contribution is -0.146. The van der Waals surface area contributed by atoms with Crippen molar-refractivity contribution in [2.24, 2.45) is 0 Å². The molecule has 168 valence electrons. The van der Waals surface area contributed by atoms with Crippen LogP contribution in [0.5, 0.6) is 0 Å². The lowest BCUT2D eigenvalue weighted by Gasteiger charge is -2.16. The van der Waals surface area contributed by atoms with Crippen molar-refractivity contribution in [3.05, 3.63) is 0 Å². The molecule has 0 aliphatic carbocycles. The largest absolute Gasteiger partial charge is 0.463 e. The predicted molar refractivity (Wildman–Crippen MR) is 114 cm³/mol. The first-order valence-electron chi connectivity index (χ1n) is 10.8. The van der Waals surface area contributed by atoms with Gasteiger partial charge in [-0.05, 0) is 6.42 Å². The fourth-order valence-electron chi connectivity index (χ4n) is 2.98. The Morgan fingerprint density at radius 1 is 0.893 bits per heavy atom. The number of halogens is 1. The number of ether oxygens (including phenoxy) is 1. The Balaban J connectivity index is 3.43. The van der Waals surface area contributed by atoms with Crippen LogP contribution in [-0.2, 0) is 14.1 Å². The Kier molecular flexibility index (Phi) is 17.6. The van der Waals surface area contributed by atoms with E-state index in [0.717, 1.165) is 19.3 Å². The van der Waals surface area contributed by atoms with Crippen molar-refractivity contribution in [2.45, 2.75) is 114 Å². The van der Waals surface area contributed by atoms with E-state index in [-0.39, 0.29) is 13.0 Å². The summed E-state index contributed by atoms with van der Waals surface area (Å²) in [5.41, 5.74) is 0. The number of esters is 1. The van der Waals surface area contributed by atoms with Gasteiger partial charge in [-0.15, -0.1) is 11.6 Å². The summed E-state index contributed by atoms with van der Waals surface area (Å²) < 4.78 is 15.8. The highest BCUT2D eigenvalue weighted by molar-refractivity contribution is 7.54. The Bertz CT molecular complexity index is 429. The highest BCUT2D eigenvalue weighted by Crippen LogP contribution is 2.45. The zero-order valence-corrected chi connectivity index (χ0v) is 19.0. The summed E-state index contributed by atoms with van der Waals surface area (Å²) in [7, 11) is -4.44. The van der Waals surface area contributed by atoms with Gasteiger partial charge in [-0.2, -0.15) is 0 Å². The van der Waals surface area contributed by atoms with Crippen molar-refractivity contribution >= 4 is 25.2 Å². The van der Waals surface area contributed by atoms with Gasteiger partial charge in [0.15, 0.2) is 0 Å². The number of aliphatic hydroxyl groups excluding tert-OH is 1. The molecule has 0 aromatic rings. The molecular formula is C20H40ClO6P. The highest BCUT2D eigenvalue weighted by atomic mass is 35.5. The minimum atomic E-state index is -4.44. The van der Waals surface area contributed by atoms with Crippen molar-refractivity contribution in [1.29, 1.82) is 0 Å². The second kappa shape index (κ2) is 17.7. The third-order valence-electron chi connectivity index (χ3n) is 4.75. The molecule has 0 amide bonds. The van der Waals surface area contributed by atoms with Gasteiger partial charge in [-0.1, -0.05) is 84.0 Å². The number of carbonyl (C=O) groups is 1. The molecule has 3 N–H and O–H groups in total. The van der Waals surface area contributed by atoms with Crippen molar-refractivity contribution in [3.63, 3.8) is 0 Å². The van der Waals surface area contributed by atoms with Gasteiger partial charge < -0.3 is 19.6 Å². The van der Waals surface area contributed by atoms with Crippen molar-refractivity contribution in [1.82, 2.24) is 0 Å². The molecule has 0 radical (unpaired) electrons. The molecule has 0 aliphatic rings. The number of carbonyl (C=O) groups excluding carboxylic acids is 1. The number of hydrogen-bond donors (Lipinski definition) is 3. The van der Waals surface area contributed by atoms with Crippen LogP contribution in [0.4, 0.5) is 0 Å². The summed E-state index contributed by atoms with van der Waals surface area (Å²) in [5, 5.41) is 8.14. The van der Waals surface area contributed by atoms with Gasteiger partial charge in [0, 0.05) is 12.8 Å². The van der Waals surface area contributed by atoms with Gasteiger partial charge >= 0.3 is 13.6 Å². The molecule has 0 saturated heterocycles. The van der Waals surface area contributed by atoms with E-state index in [0.29, 0.717) is 6.42 Å². The summed E-state index contributed by atoms with van der Waals surface area (Å²) in [6.45, 7) is 1.95. The highest BCUT2D eigenvalue weighted by Gasteiger charge is 2.29. The van der Waals surface area contributed by atoms with Gasteiger partial charge in [0.05, 0.1) is 6.10 Å². The molecule has 0 spiro atoms. The molecule has 0 aromatic carbocycles. The average Bonchev–Trinajstić information content (AvgIpc) is 2.63. The maximum atomic E-state index is 11.6. The van der Waals surface area contributed by atoms with Crippen LogP contribution >= 0.6 is 19.2 Å². The molecule has 0 fully saturated rings. The summed E-state index contributed by atoms with van der Waals surface area (Å²) in [5.74, 6) is -0.399. The van der Waals surface area contributed by atoms with E-state index in [2.05, 4.69) is 6.92 Å². The summed E-state index contributed by atoms with van der Waals surface area (Å²) in [4.78, 5) is 29.3. The average molecular weight is 443 g/mol. The predicted octanol–water partition coefficient (Wildman–Crippen LogP) is 5.50. The van der Waals surface area contributed by atoms with E-state index in [1.54, 1.807) is 0 Å². The van der Waals surface area contributed by atoms with Crippen molar-refractivity contribution < 1.29 is 29.0 Å². The van der Waals surface area contributed by atoms with Crippen LogP contribution in [0.1, 0.15) is 103 Å². The first-order chi connectivity index (χ1) is 13.3. The summed E-state index contributed by atoms with van der Waals surface area (Å²) >= 11 is 5.50. The molecule has 6 nitrogen and oxygen atoms in total. The van der Waals surface area contributed by atoms with E-state index >= 15 is 0 Å². The Labute approximate surface area is 175 Å².